The van der Waals surface area contributed by atoms with E-state index in [-0.39, 0.29) is 36.4 Å². The lowest BCUT2D eigenvalue weighted by Gasteiger charge is -2.09. The minimum absolute atomic E-state index is 0.0378. The minimum atomic E-state index is -0.620. The first-order valence-electron chi connectivity index (χ1n) is 7.64. The van der Waals surface area contributed by atoms with E-state index >= 15 is 0 Å². The van der Waals surface area contributed by atoms with Gasteiger partial charge in [-0.25, -0.2) is 13.2 Å². The smallest absolute Gasteiger partial charge is 0.224 e. The first-order chi connectivity index (χ1) is 12.0. The number of nitrogens with one attached hydrogen (secondary N) is 1. The summed E-state index contributed by atoms with van der Waals surface area (Å²) in [5.41, 5.74) is 0.365. The zero-order chi connectivity index (χ0) is 18.2. The van der Waals surface area contributed by atoms with Crippen LogP contribution in [0.4, 0.5) is 18.9 Å². The summed E-state index contributed by atoms with van der Waals surface area (Å²) in [6, 6.07) is 7.09. The second-order valence-electron chi connectivity index (χ2n) is 5.27. The van der Waals surface area contributed by atoms with Crippen LogP contribution in [0.1, 0.15) is 12.0 Å². The fourth-order valence-electron chi connectivity index (χ4n) is 2.14. The lowest BCUT2D eigenvalue weighted by atomic mass is 10.1. The first kappa shape index (κ1) is 18.8. The Kier molecular flexibility index (Phi) is 6.82. The molecule has 0 atom stereocenters. The van der Waals surface area contributed by atoms with E-state index in [4.69, 9.17) is 9.47 Å². The van der Waals surface area contributed by atoms with E-state index in [0.29, 0.717) is 6.61 Å². The second-order valence-corrected chi connectivity index (χ2v) is 5.27. The molecule has 0 spiro atoms. The van der Waals surface area contributed by atoms with Crippen LogP contribution in [0.15, 0.2) is 36.4 Å². The maximum Gasteiger partial charge on any atom is 0.224 e. The van der Waals surface area contributed by atoms with Gasteiger partial charge in [-0.1, -0.05) is 0 Å². The van der Waals surface area contributed by atoms with Gasteiger partial charge >= 0.3 is 0 Å². The van der Waals surface area contributed by atoms with Crippen LogP contribution in [0.25, 0.3) is 0 Å². The molecule has 0 radical (unpaired) electrons. The van der Waals surface area contributed by atoms with Gasteiger partial charge in [0.25, 0.3) is 0 Å². The van der Waals surface area contributed by atoms with E-state index in [2.05, 4.69) is 5.32 Å². The molecule has 25 heavy (non-hydrogen) atoms. The molecule has 0 saturated carbocycles. The van der Waals surface area contributed by atoms with Gasteiger partial charge in [-0.3, -0.25) is 4.79 Å². The highest BCUT2D eigenvalue weighted by atomic mass is 19.1. The van der Waals surface area contributed by atoms with E-state index in [1.165, 1.54) is 19.2 Å². The molecule has 4 nitrogen and oxygen atoms in total. The lowest BCUT2D eigenvalue weighted by Crippen LogP contribution is -2.13. The molecule has 0 bridgehead atoms. The Morgan fingerprint density at radius 3 is 2.56 bits per heavy atom. The molecule has 0 aliphatic heterocycles. The van der Waals surface area contributed by atoms with Gasteiger partial charge in [0.1, 0.15) is 18.2 Å². The van der Waals surface area contributed by atoms with Gasteiger partial charge < -0.3 is 14.8 Å². The molecule has 2 aromatic rings. The lowest BCUT2D eigenvalue weighted by molar-refractivity contribution is -0.116. The van der Waals surface area contributed by atoms with Gasteiger partial charge in [0.15, 0.2) is 11.6 Å². The van der Waals surface area contributed by atoms with Crippen molar-refractivity contribution >= 4 is 11.6 Å². The Balaban J connectivity index is 1.89. The number of carbonyl (C=O) groups excluding carboxylic acids is 1. The number of anilines is 1. The number of methoxy groups -OCH3 is 1. The van der Waals surface area contributed by atoms with Gasteiger partial charge in [-0.15, -0.1) is 0 Å². The topological polar surface area (TPSA) is 47.6 Å². The van der Waals surface area contributed by atoms with Gasteiger partial charge in [0, 0.05) is 25.3 Å². The number of rotatable bonds is 8. The largest absolute Gasteiger partial charge is 0.488 e. The van der Waals surface area contributed by atoms with Gasteiger partial charge in [0.2, 0.25) is 5.91 Å². The molecule has 0 heterocycles. The number of aryl methyl sites for hydroxylation is 1. The third kappa shape index (κ3) is 5.79. The van der Waals surface area contributed by atoms with Crippen LogP contribution in [0.5, 0.6) is 5.75 Å². The van der Waals surface area contributed by atoms with Crippen LogP contribution in [0.2, 0.25) is 0 Å². The van der Waals surface area contributed by atoms with Crippen LogP contribution >= 0.6 is 0 Å². The summed E-state index contributed by atoms with van der Waals surface area (Å²) in [4.78, 5) is 11.9. The van der Waals surface area contributed by atoms with Crippen molar-refractivity contribution in [3.8, 4) is 5.75 Å². The van der Waals surface area contributed by atoms with Crippen molar-refractivity contribution in [2.45, 2.75) is 12.8 Å². The predicted octanol–water partition coefficient (Wildman–Crippen LogP) is 3.70. The summed E-state index contributed by atoms with van der Waals surface area (Å²) in [7, 11) is 1.51. The normalized spacial score (nSPS) is 10.6. The quantitative estimate of drug-likeness (QED) is 0.736. The van der Waals surface area contributed by atoms with Crippen LogP contribution < -0.4 is 10.1 Å². The summed E-state index contributed by atoms with van der Waals surface area (Å²) < 4.78 is 50.4. The number of ether oxygens (including phenoxy) is 2. The Hall–Kier alpha value is -2.54. The van der Waals surface area contributed by atoms with Gasteiger partial charge in [0.05, 0.1) is 6.61 Å². The summed E-state index contributed by atoms with van der Waals surface area (Å²) in [6.45, 7) is 0.535. The van der Waals surface area contributed by atoms with E-state index in [1.807, 2.05) is 0 Å². The second kappa shape index (κ2) is 9.08. The van der Waals surface area contributed by atoms with Crippen molar-refractivity contribution in [2.75, 3.05) is 25.6 Å². The molecule has 0 aromatic heterocycles. The molecule has 0 saturated heterocycles. The van der Waals surface area contributed by atoms with Crippen molar-refractivity contribution < 1.29 is 27.4 Å². The Morgan fingerprint density at radius 1 is 1.04 bits per heavy atom. The minimum Gasteiger partial charge on any atom is -0.488 e. The zero-order valence-electron chi connectivity index (χ0n) is 13.7. The van der Waals surface area contributed by atoms with Gasteiger partial charge in [-0.05, 0) is 42.3 Å². The highest BCUT2D eigenvalue weighted by Gasteiger charge is 2.10. The summed E-state index contributed by atoms with van der Waals surface area (Å²) in [5.74, 6) is -2.14. The highest BCUT2D eigenvalue weighted by Crippen LogP contribution is 2.21. The van der Waals surface area contributed by atoms with Crippen LogP contribution in [-0.4, -0.2) is 26.2 Å². The average Bonchev–Trinajstić information content (AvgIpc) is 2.58. The molecule has 1 amide bonds. The number of hydrogen-bond donors (Lipinski definition) is 1. The number of amides is 1. The summed E-state index contributed by atoms with van der Waals surface area (Å²) in [5, 5.41) is 2.51. The highest BCUT2D eigenvalue weighted by molar-refractivity contribution is 5.90. The molecular weight excluding hydrogens is 335 g/mol. The van der Waals surface area contributed by atoms with Crippen LogP contribution in [0, 0.1) is 17.5 Å². The molecule has 0 aliphatic rings. The molecule has 0 fully saturated rings. The average molecular weight is 353 g/mol. The summed E-state index contributed by atoms with van der Waals surface area (Å²) >= 11 is 0. The van der Waals surface area contributed by atoms with Crippen molar-refractivity contribution in [1.29, 1.82) is 0 Å². The van der Waals surface area contributed by atoms with Crippen LogP contribution in [-0.2, 0) is 16.0 Å². The monoisotopic (exact) mass is 353 g/mol. The molecule has 134 valence electrons. The first-order valence-corrected chi connectivity index (χ1v) is 7.64. The molecule has 7 heteroatoms. The molecule has 0 aliphatic carbocycles. The fourth-order valence-corrected chi connectivity index (χ4v) is 2.14. The van der Waals surface area contributed by atoms with E-state index < -0.39 is 23.4 Å². The van der Waals surface area contributed by atoms with Crippen molar-refractivity contribution in [3.63, 3.8) is 0 Å². The van der Waals surface area contributed by atoms with Crippen LogP contribution in [0.3, 0.4) is 0 Å². The number of hydrogen-bond acceptors (Lipinski definition) is 3. The van der Waals surface area contributed by atoms with Crippen molar-refractivity contribution in [2.24, 2.45) is 0 Å². The number of benzene rings is 2. The maximum absolute atomic E-state index is 13.9. The standard InChI is InChI=1S/C18H18F3NO3/c1-24-8-9-25-17-6-4-14(11-16(17)21)22-18(23)7-2-12-10-13(19)3-5-15(12)20/h3-6,10-11H,2,7-9H2,1H3,(H,22,23). The zero-order valence-corrected chi connectivity index (χ0v) is 13.7. The van der Waals surface area contributed by atoms with Gasteiger partial charge in [-0.2, -0.15) is 0 Å². The fraction of sp³-hybridized carbons (Fsp3) is 0.278. The Morgan fingerprint density at radius 2 is 1.84 bits per heavy atom. The number of halogens is 3. The molecule has 1 N–H and O–H groups in total. The van der Waals surface area contributed by atoms with Crippen molar-refractivity contribution in [3.05, 3.63) is 59.4 Å². The van der Waals surface area contributed by atoms with E-state index in [9.17, 15) is 18.0 Å². The molecule has 2 rings (SSSR count). The summed E-state index contributed by atoms with van der Waals surface area (Å²) in [6.07, 6.45) is -0.0236. The third-order valence-electron chi connectivity index (χ3n) is 3.39. The molecule has 0 unspecified atom stereocenters. The SMILES string of the molecule is COCCOc1ccc(NC(=O)CCc2cc(F)ccc2F)cc1F. The molecule has 2 aromatic carbocycles. The maximum atomic E-state index is 13.9. The third-order valence-corrected chi connectivity index (χ3v) is 3.39. The Labute approximate surface area is 143 Å². The predicted molar refractivity (Wildman–Crippen MR) is 87.1 cm³/mol. The van der Waals surface area contributed by atoms with Crippen molar-refractivity contribution in [1.82, 2.24) is 0 Å². The van der Waals surface area contributed by atoms with E-state index in [0.717, 1.165) is 24.3 Å². The van der Waals surface area contributed by atoms with E-state index in [1.54, 1.807) is 0 Å². The number of carbonyl (C=O) groups is 1. The Bertz CT molecular complexity index is 738. The molecular formula is C18H18F3NO3.